The molecular formula is C18H13Cl2N3O4S. The van der Waals surface area contributed by atoms with E-state index in [2.05, 4.69) is 15.5 Å². The van der Waals surface area contributed by atoms with Gasteiger partial charge in [0.05, 0.1) is 26.9 Å². The molecule has 1 aromatic heterocycles. The molecule has 3 aromatic rings. The predicted molar refractivity (Wildman–Crippen MR) is 107 cm³/mol. The number of benzene rings is 2. The van der Waals surface area contributed by atoms with Crippen molar-refractivity contribution in [1.82, 2.24) is 10.2 Å². The van der Waals surface area contributed by atoms with E-state index >= 15 is 0 Å². The van der Waals surface area contributed by atoms with Crippen LogP contribution in [-0.2, 0) is 4.79 Å². The molecule has 2 N–H and O–H groups in total. The van der Waals surface area contributed by atoms with Gasteiger partial charge in [0.25, 0.3) is 5.22 Å². The zero-order chi connectivity index (χ0) is 20.3. The van der Waals surface area contributed by atoms with E-state index < -0.39 is 5.97 Å². The molecule has 0 unspecified atom stereocenters. The first kappa shape index (κ1) is 20.2. The Balaban J connectivity index is 1.64. The number of carbonyl (C=O) groups excluding carboxylic acids is 1. The van der Waals surface area contributed by atoms with Gasteiger partial charge in [0.15, 0.2) is 0 Å². The number of aryl methyl sites for hydroxylation is 1. The van der Waals surface area contributed by atoms with Crippen molar-refractivity contribution in [3.63, 3.8) is 0 Å². The number of aromatic carboxylic acids is 1. The van der Waals surface area contributed by atoms with Gasteiger partial charge in [0, 0.05) is 5.69 Å². The maximum absolute atomic E-state index is 12.2. The lowest BCUT2D eigenvalue weighted by molar-refractivity contribution is -0.113. The third-order valence-electron chi connectivity index (χ3n) is 3.67. The molecule has 0 aliphatic heterocycles. The highest BCUT2D eigenvalue weighted by atomic mass is 35.5. The minimum Gasteiger partial charge on any atom is -0.478 e. The fraction of sp³-hybridized carbons (Fsp3) is 0.111. The summed E-state index contributed by atoms with van der Waals surface area (Å²) in [6, 6.07) is 9.56. The summed E-state index contributed by atoms with van der Waals surface area (Å²) in [4.78, 5) is 23.3. The third kappa shape index (κ3) is 4.64. The molecule has 0 radical (unpaired) electrons. The van der Waals surface area contributed by atoms with E-state index in [1.807, 2.05) is 0 Å². The van der Waals surface area contributed by atoms with Crippen molar-refractivity contribution >= 4 is 52.5 Å². The normalized spacial score (nSPS) is 10.7. The number of halogens is 2. The molecule has 0 fully saturated rings. The number of carboxylic acids is 1. The van der Waals surface area contributed by atoms with Gasteiger partial charge in [0.1, 0.15) is 0 Å². The van der Waals surface area contributed by atoms with E-state index in [4.69, 9.17) is 32.7 Å². The number of thioether (sulfide) groups is 1. The second-order valence-electron chi connectivity index (χ2n) is 5.65. The fourth-order valence-corrected chi connectivity index (χ4v) is 3.19. The Morgan fingerprint density at radius 3 is 2.75 bits per heavy atom. The zero-order valence-corrected chi connectivity index (χ0v) is 16.7. The number of hydrogen-bond acceptors (Lipinski definition) is 6. The Morgan fingerprint density at radius 1 is 1.21 bits per heavy atom. The second kappa shape index (κ2) is 8.64. The largest absolute Gasteiger partial charge is 0.478 e. The molecule has 28 heavy (non-hydrogen) atoms. The molecule has 144 valence electrons. The van der Waals surface area contributed by atoms with E-state index in [-0.39, 0.29) is 28.3 Å². The molecule has 0 atom stereocenters. The Hall–Kier alpha value is -2.55. The first-order valence-electron chi connectivity index (χ1n) is 7.89. The molecule has 1 amide bonds. The fourth-order valence-electron chi connectivity index (χ4n) is 2.25. The van der Waals surface area contributed by atoms with Crippen LogP contribution in [0.15, 0.2) is 46.0 Å². The highest BCUT2D eigenvalue weighted by Crippen LogP contribution is 2.33. The van der Waals surface area contributed by atoms with Gasteiger partial charge in [-0.1, -0.05) is 47.1 Å². The lowest BCUT2D eigenvalue weighted by Gasteiger charge is -2.08. The Morgan fingerprint density at radius 2 is 2.00 bits per heavy atom. The lowest BCUT2D eigenvalue weighted by Crippen LogP contribution is -2.15. The average molecular weight is 438 g/mol. The van der Waals surface area contributed by atoms with Gasteiger partial charge >= 0.3 is 5.97 Å². The Kier molecular flexibility index (Phi) is 6.23. The first-order valence-corrected chi connectivity index (χ1v) is 9.64. The summed E-state index contributed by atoms with van der Waals surface area (Å²) in [5, 5.41) is 20.4. The number of carboxylic acid groups (broad SMARTS) is 1. The molecule has 0 aliphatic carbocycles. The van der Waals surface area contributed by atoms with Crippen LogP contribution in [0.5, 0.6) is 0 Å². The van der Waals surface area contributed by atoms with Gasteiger partial charge in [-0.3, -0.25) is 4.79 Å². The summed E-state index contributed by atoms with van der Waals surface area (Å²) in [7, 11) is 0. The number of aromatic nitrogens is 2. The number of anilines is 1. The zero-order valence-electron chi connectivity index (χ0n) is 14.4. The number of nitrogens with one attached hydrogen (secondary N) is 1. The van der Waals surface area contributed by atoms with Crippen molar-refractivity contribution in [2.45, 2.75) is 12.1 Å². The summed E-state index contributed by atoms with van der Waals surface area (Å²) in [5.41, 5.74) is 1.77. The van der Waals surface area contributed by atoms with Crippen molar-refractivity contribution in [2.75, 3.05) is 11.1 Å². The molecule has 3 rings (SSSR count). The second-order valence-corrected chi connectivity index (χ2v) is 7.36. The summed E-state index contributed by atoms with van der Waals surface area (Å²) in [6.45, 7) is 1.77. The summed E-state index contributed by atoms with van der Waals surface area (Å²) in [6.07, 6.45) is 0. The van der Waals surface area contributed by atoms with Gasteiger partial charge in [-0.25, -0.2) is 4.79 Å². The standard InChI is InChI=1S/C18H13Cl2N3O4S/c1-9-5-6-10(17(25)26)7-13(9)21-14(24)8-28-18-23-22-16(27-18)11-3-2-4-12(19)15(11)20/h2-7H,8H2,1H3,(H,21,24)(H,25,26). The molecule has 7 nitrogen and oxygen atoms in total. The summed E-state index contributed by atoms with van der Waals surface area (Å²) in [5.74, 6) is -1.21. The van der Waals surface area contributed by atoms with Crippen molar-refractivity contribution in [3.8, 4) is 11.5 Å². The van der Waals surface area contributed by atoms with Gasteiger partial charge in [0.2, 0.25) is 11.8 Å². The van der Waals surface area contributed by atoms with Crippen LogP contribution in [0.25, 0.3) is 11.5 Å². The first-order chi connectivity index (χ1) is 13.3. The Labute approximate surface area is 174 Å². The van der Waals surface area contributed by atoms with E-state index in [1.54, 1.807) is 31.2 Å². The lowest BCUT2D eigenvalue weighted by atomic mass is 10.1. The third-order valence-corrected chi connectivity index (χ3v) is 5.31. The number of hydrogen-bond donors (Lipinski definition) is 2. The van der Waals surface area contributed by atoms with Crippen molar-refractivity contribution in [2.24, 2.45) is 0 Å². The van der Waals surface area contributed by atoms with E-state index in [0.29, 0.717) is 21.3 Å². The van der Waals surface area contributed by atoms with Gasteiger partial charge in [-0.15, -0.1) is 10.2 Å². The monoisotopic (exact) mass is 437 g/mol. The number of carbonyl (C=O) groups is 2. The molecule has 1 heterocycles. The van der Waals surface area contributed by atoms with Crippen molar-refractivity contribution in [3.05, 3.63) is 57.6 Å². The van der Waals surface area contributed by atoms with Gasteiger partial charge < -0.3 is 14.8 Å². The van der Waals surface area contributed by atoms with Crippen LogP contribution in [0.3, 0.4) is 0 Å². The molecule has 0 aliphatic rings. The van der Waals surface area contributed by atoms with Crippen LogP contribution in [0.2, 0.25) is 10.0 Å². The van der Waals surface area contributed by atoms with Crippen LogP contribution in [-0.4, -0.2) is 32.9 Å². The highest BCUT2D eigenvalue weighted by molar-refractivity contribution is 7.99. The van der Waals surface area contributed by atoms with Crippen LogP contribution in [0, 0.1) is 6.92 Å². The Bertz CT molecular complexity index is 1060. The highest BCUT2D eigenvalue weighted by Gasteiger charge is 2.16. The minimum absolute atomic E-state index is 0.00164. The average Bonchev–Trinajstić information content (AvgIpc) is 3.12. The molecule has 0 bridgehead atoms. The van der Waals surface area contributed by atoms with Crippen LogP contribution in [0.1, 0.15) is 15.9 Å². The quantitative estimate of drug-likeness (QED) is 0.534. The van der Waals surface area contributed by atoms with E-state index in [9.17, 15) is 9.59 Å². The van der Waals surface area contributed by atoms with Crippen LogP contribution in [0.4, 0.5) is 5.69 Å². The molecule has 0 spiro atoms. The molecule has 10 heteroatoms. The van der Waals surface area contributed by atoms with E-state index in [0.717, 1.165) is 17.3 Å². The summed E-state index contributed by atoms with van der Waals surface area (Å²) >= 11 is 13.2. The topological polar surface area (TPSA) is 105 Å². The number of nitrogens with zero attached hydrogens (tertiary/aromatic N) is 2. The SMILES string of the molecule is Cc1ccc(C(=O)O)cc1NC(=O)CSc1nnc(-c2cccc(Cl)c2Cl)o1. The molecule has 2 aromatic carbocycles. The van der Waals surface area contributed by atoms with Crippen LogP contribution < -0.4 is 5.32 Å². The predicted octanol–water partition coefficient (Wildman–Crippen LogP) is 4.78. The maximum atomic E-state index is 12.2. The van der Waals surface area contributed by atoms with E-state index in [1.165, 1.54) is 12.1 Å². The summed E-state index contributed by atoms with van der Waals surface area (Å²) < 4.78 is 5.52. The van der Waals surface area contributed by atoms with Gasteiger partial charge in [-0.2, -0.15) is 0 Å². The van der Waals surface area contributed by atoms with Crippen LogP contribution >= 0.6 is 35.0 Å². The molecule has 0 saturated heterocycles. The smallest absolute Gasteiger partial charge is 0.335 e. The van der Waals surface area contributed by atoms with Crippen molar-refractivity contribution in [1.29, 1.82) is 0 Å². The van der Waals surface area contributed by atoms with Crippen molar-refractivity contribution < 1.29 is 19.1 Å². The maximum Gasteiger partial charge on any atom is 0.335 e. The molecular weight excluding hydrogens is 425 g/mol. The number of rotatable bonds is 6. The number of amides is 1. The minimum atomic E-state index is -1.07. The molecule has 0 saturated carbocycles. The van der Waals surface area contributed by atoms with Gasteiger partial charge in [-0.05, 0) is 36.8 Å².